The van der Waals surface area contributed by atoms with Crippen LogP contribution in [0, 0.1) is 0 Å². The third-order valence-corrected chi connectivity index (χ3v) is 4.61. The number of anilines is 1. The van der Waals surface area contributed by atoms with Crippen LogP contribution in [0.3, 0.4) is 0 Å². The molecule has 0 amide bonds. The minimum absolute atomic E-state index is 0.148. The number of hydrogen-bond donors (Lipinski definition) is 2. The van der Waals surface area contributed by atoms with E-state index in [0.29, 0.717) is 28.0 Å². The van der Waals surface area contributed by atoms with Gasteiger partial charge in [0.2, 0.25) is 0 Å². The summed E-state index contributed by atoms with van der Waals surface area (Å²) >= 11 is 6.00. The van der Waals surface area contributed by atoms with Crippen LogP contribution in [-0.4, -0.2) is 28.1 Å². The smallest absolute Gasteiger partial charge is 0.333 e. The van der Waals surface area contributed by atoms with Crippen LogP contribution in [0.2, 0.25) is 5.02 Å². The minimum Gasteiger partial charge on any atom is -0.452 e. The van der Waals surface area contributed by atoms with Crippen molar-refractivity contribution >= 4 is 40.1 Å². The molecule has 0 saturated carbocycles. The fourth-order valence-electron chi connectivity index (χ4n) is 3.28. The number of nitrogens with two attached hydrogens (primary N) is 1. The summed E-state index contributed by atoms with van der Waals surface area (Å²) in [6.07, 6.45) is 1.41. The van der Waals surface area contributed by atoms with Gasteiger partial charge in [-0.1, -0.05) is 11.6 Å². The third-order valence-electron chi connectivity index (χ3n) is 4.37. The van der Waals surface area contributed by atoms with Crippen LogP contribution < -0.4 is 5.73 Å². The SMILES string of the molecule is Nc1c2c(nc3cc(Cl)ccc13)CCC1OC(=O)/C=C\C(=O)OC21O. The Bertz CT molecular complexity index is 958. The molecule has 1 aliphatic carbocycles. The number of halogens is 1. The molecule has 128 valence electrons. The van der Waals surface area contributed by atoms with Gasteiger partial charge in [0.25, 0.3) is 5.79 Å². The van der Waals surface area contributed by atoms with E-state index in [1.807, 2.05) is 0 Å². The quantitative estimate of drug-likeness (QED) is 0.686. The molecule has 4 rings (SSSR count). The van der Waals surface area contributed by atoms with E-state index in [2.05, 4.69) is 4.98 Å². The number of hydrogen-bond acceptors (Lipinski definition) is 7. The summed E-state index contributed by atoms with van der Waals surface area (Å²) in [5, 5.41) is 12.2. The predicted molar refractivity (Wildman–Crippen MR) is 88.5 cm³/mol. The van der Waals surface area contributed by atoms with Crippen LogP contribution in [-0.2, 0) is 31.3 Å². The number of aliphatic hydroxyl groups is 1. The minimum atomic E-state index is -2.20. The summed E-state index contributed by atoms with van der Waals surface area (Å²) in [6.45, 7) is 0. The highest BCUT2D eigenvalue weighted by molar-refractivity contribution is 6.31. The lowest BCUT2D eigenvalue weighted by Gasteiger charge is -2.40. The van der Waals surface area contributed by atoms with Gasteiger partial charge in [-0.25, -0.2) is 9.59 Å². The Hall–Kier alpha value is -2.64. The van der Waals surface area contributed by atoms with Gasteiger partial charge in [-0.2, -0.15) is 0 Å². The van der Waals surface area contributed by atoms with Crippen molar-refractivity contribution in [2.24, 2.45) is 0 Å². The lowest BCUT2D eigenvalue weighted by atomic mass is 9.85. The summed E-state index contributed by atoms with van der Waals surface area (Å²) in [6, 6.07) is 4.98. The summed E-state index contributed by atoms with van der Waals surface area (Å²) in [7, 11) is 0. The molecule has 0 spiro atoms. The van der Waals surface area contributed by atoms with Gasteiger partial charge in [-0.05, 0) is 31.0 Å². The molecule has 2 atom stereocenters. The molecule has 0 fully saturated rings. The Kier molecular flexibility index (Phi) is 3.45. The molecule has 1 aliphatic heterocycles. The molecule has 2 aromatic rings. The van der Waals surface area contributed by atoms with E-state index in [1.165, 1.54) is 0 Å². The molecular weight excluding hydrogens is 348 g/mol. The number of aromatic nitrogens is 1. The zero-order valence-electron chi connectivity index (χ0n) is 12.9. The van der Waals surface area contributed by atoms with Crippen LogP contribution >= 0.6 is 11.6 Å². The van der Waals surface area contributed by atoms with Gasteiger partial charge in [0, 0.05) is 22.6 Å². The maximum atomic E-state index is 11.9. The van der Waals surface area contributed by atoms with Gasteiger partial charge in [0.15, 0.2) is 6.10 Å². The first-order chi connectivity index (χ1) is 11.9. The number of nitrogen functional groups attached to an aromatic ring is 1. The number of fused-ring (bicyclic) bond motifs is 4. The van der Waals surface area contributed by atoms with Crippen molar-refractivity contribution in [3.05, 3.63) is 46.6 Å². The van der Waals surface area contributed by atoms with Crippen LogP contribution in [0.5, 0.6) is 0 Å². The van der Waals surface area contributed by atoms with Crippen LogP contribution in [0.1, 0.15) is 17.7 Å². The van der Waals surface area contributed by atoms with E-state index in [9.17, 15) is 14.7 Å². The van der Waals surface area contributed by atoms with Gasteiger partial charge in [0.1, 0.15) is 0 Å². The number of pyridine rings is 1. The second-order valence-corrected chi connectivity index (χ2v) is 6.36. The van der Waals surface area contributed by atoms with Gasteiger partial charge in [-0.15, -0.1) is 0 Å². The molecule has 2 unspecified atom stereocenters. The van der Waals surface area contributed by atoms with E-state index in [0.717, 1.165) is 12.2 Å². The number of benzene rings is 1. The Morgan fingerprint density at radius 2 is 2.04 bits per heavy atom. The average Bonchev–Trinajstić information content (AvgIpc) is 2.54. The number of rotatable bonds is 0. The first kappa shape index (κ1) is 15.9. The topological polar surface area (TPSA) is 112 Å². The average molecular weight is 361 g/mol. The van der Waals surface area contributed by atoms with Gasteiger partial charge < -0.3 is 20.3 Å². The second-order valence-electron chi connectivity index (χ2n) is 5.92. The normalized spacial score (nSPS) is 26.7. The zero-order chi connectivity index (χ0) is 17.8. The first-order valence-corrected chi connectivity index (χ1v) is 7.98. The first-order valence-electron chi connectivity index (χ1n) is 7.60. The molecule has 0 radical (unpaired) electrons. The highest BCUT2D eigenvalue weighted by Gasteiger charge is 2.51. The van der Waals surface area contributed by atoms with E-state index >= 15 is 0 Å². The maximum Gasteiger partial charge on any atom is 0.333 e. The van der Waals surface area contributed by atoms with Crippen molar-refractivity contribution in [3.8, 4) is 0 Å². The van der Waals surface area contributed by atoms with E-state index in [1.54, 1.807) is 18.2 Å². The van der Waals surface area contributed by atoms with Gasteiger partial charge in [0.05, 0.1) is 22.5 Å². The molecule has 1 aromatic heterocycles. The van der Waals surface area contributed by atoms with E-state index in [4.69, 9.17) is 26.8 Å². The monoisotopic (exact) mass is 360 g/mol. The number of aryl methyl sites for hydroxylation is 1. The Labute approximate surface area is 147 Å². The maximum absolute atomic E-state index is 11.9. The van der Waals surface area contributed by atoms with Crippen LogP contribution in [0.25, 0.3) is 10.9 Å². The molecular formula is C17H13ClN2O5. The molecule has 8 heteroatoms. The Morgan fingerprint density at radius 1 is 1.28 bits per heavy atom. The number of esters is 2. The Morgan fingerprint density at radius 3 is 2.84 bits per heavy atom. The second kappa shape index (κ2) is 5.44. The molecule has 25 heavy (non-hydrogen) atoms. The molecule has 7 nitrogen and oxygen atoms in total. The lowest BCUT2D eigenvalue weighted by molar-refractivity contribution is -0.262. The van der Waals surface area contributed by atoms with Crippen molar-refractivity contribution in [2.45, 2.75) is 24.7 Å². The fourth-order valence-corrected chi connectivity index (χ4v) is 3.45. The predicted octanol–water partition coefficient (Wildman–Crippen LogP) is 1.59. The zero-order valence-corrected chi connectivity index (χ0v) is 13.6. The summed E-state index contributed by atoms with van der Waals surface area (Å²) in [5.74, 6) is -3.80. The largest absolute Gasteiger partial charge is 0.452 e. The molecule has 3 N–H and O–H groups in total. The van der Waals surface area contributed by atoms with E-state index in [-0.39, 0.29) is 17.7 Å². The number of carbonyl (C=O) groups excluding carboxylic acids is 2. The summed E-state index contributed by atoms with van der Waals surface area (Å²) < 4.78 is 10.4. The van der Waals surface area contributed by atoms with Crippen molar-refractivity contribution < 1.29 is 24.2 Å². The highest BCUT2D eigenvalue weighted by Crippen LogP contribution is 2.44. The standard InChI is InChI=1S/C17H13ClN2O5/c18-8-1-2-9-11(7-8)20-10-3-4-12-17(23,15(10)16(9)19)25-14(22)6-5-13(21)24-12/h1-2,5-7,12,23H,3-4H2,(H2,19,20)/b6-5-. The van der Waals surface area contributed by atoms with Gasteiger partial charge in [-0.3, -0.25) is 4.98 Å². The molecule has 2 heterocycles. The number of ether oxygens (including phenoxy) is 2. The molecule has 0 bridgehead atoms. The van der Waals surface area contributed by atoms with Crippen molar-refractivity contribution in [3.63, 3.8) is 0 Å². The van der Waals surface area contributed by atoms with Crippen LogP contribution in [0.15, 0.2) is 30.4 Å². The highest BCUT2D eigenvalue weighted by atomic mass is 35.5. The van der Waals surface area contributed by atoms with Gasteiger partial charge >= 0.3 is 11.9 Å². The third kappa shape index (κ3) is 2.43. The van der Waals surface area contributed by atoms with Crippen molar-refractivity contribution in [1.29, 1.82) is 0 Å². The van der Waals surface area contributed by atoms with Crippen molar-refractivity contribution in [2.75, 3.05) is 5.73 Å². The number of nitrogens with zero attached hydrogens (tertiary/aromatic N) is 1. The van der Waals surface area contributed by atoms with Crippen LogP contribution in [0.4, 0.5) is 5.69 Å². The molecule has 2 aliphatic rings. The summed E-state index contributed by atoms with van der Waals surface area (Å²) in [4.78, 5) is 28.1. The number of carbonyl (C=O) groups is 2. The molecule has 1 aromatic carbocycles. The Balaban J connectivity index is 1.97. The summed E-state index contributed by atoms with van der Waals surface area (Å²) in [5.41, 5.74) is 7.65. The lowest BCUT2D eigenvalue weighted by Crippen LogP contribution is -2.50. The fraction of sp³-hybridized carbons (Fsp3) is 0.235. The van der Waals surface area contributed by atoms with E-state index < -0.39 is 23.8 Å². The molecule has 0 saturated heterocycles. The van der Waals surface area contributed by atoms with Crippen molar-refractivity contribution in [1.82, 2.24) is 4.98 Å².